The van der Waals surface area contributed by atoms with Gasteiger partial charge < -0.3 is 19.4 Å². The first-order chi connectivity index (χ1) is 12.0. The van der Waals surface area contributed by atoms with E-state index in [0.717, 1.165) is 18.5 Å². The van der Waals surface area contributed by atoms with Crippen LogP contribution < -0.4 is 14.8 Å². The second-order valence-electron chi connectivity index (χ2n) is 6.43. The number of carbonyl (C=O) groups is 1. The number of carbonyl (C=O) groups excluding carboxylic acids is 1. The number of nitrogens with zero attached hydrogens (tertiary/aromatic N) is 1. The summed E-state index contributed by atoms with van der Waals surface area (Å²) in [7, 11) is 3.23. The molecular formula is C20H28N2O3. The zero-order valence-electron chi connectivity index (χ0n) is 15.5. The molecule has 0 radical (unpaired) electrons. The molecule has 0 fully saturated rings. The number of ether oxygens (including phenoxy) is 2. The predicted molar refractivity (Wildman–Crippen MR) is 98.9 cm³/mol. The largest absolute Gasteiger partial charge is 0.493 e. The van der Waals surface area contributed by atoms with Gasteiger partial charge in [0.1, 0.15) is 0 Å². The Morgan fingerprint density at radius 1 is 1.12 bits per heavy atom. The molecule has 25 heavy (non-hydrogen) atoms. The highest BCUT2D eigenvalue weighted by Gasteiger charge is 2.20. The maximum Gasteiger partial charge on any atom is 0.220 e. The molecule has 0 bridgehead atoms. The lowest BCUT2D eigenvalue weighted by Crippen LogP contribution is -2.31. The van der Waals surface area contributed by atoms with Crippen molar-refractivity contribution in [3.8, 4) is 11.5 Å². The summed E-state index contributed by atoms with van der Waals surface area (Å²) < 4.78 is 12.7. The van der Waals surface area contributed by atoms with Crippen LogP contribution in [0.25, 0.3) is 0 Å². The van der Waals surface area contributed by atoms with E-state index in [0.29, 0.717) is 17.9 Å². The van der Waals surface area contributed by atoms with Crippen molar-refractivity contribution in [3.05, 3.63) is 48.3 Å². The van der Waals surface area contributed by atoms with Crippen molar-refractivity contribution < 1.29 is 14.3 Å². The van der Waals surface area contributed by atoms with E-state index >= 15 is 0 Å². The Kier molecular flexibility index (Phi) is 6.92. The third-order valence-electron chi connectivity index (χ3n) is 4.24. The van der Waals surface area contributed by atoms with Crippen LogP contribution in [0.4, 0.5) is 0 Å². The van der Waals surface area contributed by atoms with E-state index in [1.54, 1.807) is 14.2 Å². The molecule has 0 aliphatic rings. The van der Waals surface area contributed by atoms with Crippen LogP contribution in [0.2, 0.25) is 0 Å². The summed E-state index contributed by atoms with van der Waals surface area (Å²) in [4.78, 5) is 12.4. The molecule has 136 valence electrons. The summed E-state index contributed by atoms with van der Waals surface area (Å²) in [5.74, 6) is 1.70. The summed E-state index contributed by atoms with van der Waals surface area (Å²) >= 11 is 0. The van der Waals surface area contributed by atoms with Gasteiger partial charge in [0.05, 0.1) is 20.3 Å². The van der Waals surface area contributed by atoms with Crippen molar-refractivity contribution in [1.29, 1.82) is 0 Å². The molecule has 0 spiro atoms. The average molecular weight is 344 g/mol. The molecule has 0 aliphatic carbocycles. The van der Waals surface area contributed by atoms with E-state index in [1.807, 2.05) is 42.7 Å². The van der Waals surface area contributed by atoms with Gasteiger partial charge in [-0.1, -0.05) is 19.9 Å². The SMILES string of the molecule is COc1ccc([C@H](NC(=O)CCCn2cccc2)C(C)C)cc1OC. The van der Waals surface area contributed by atoms with Crippen LogP contribution >= 0.6 is 0 Å². The van der Waals surface area contributed by atoms with Crippen LogP contribution in [-0.4, -0.2) is 24.7 Å². The molecule has 5 heteroatoms. The smallest absolute Gasteiger partial charge is 0.220 e. The second-order valence-corrected chi connectivity index (χ2v) is 6.43. The molecule has 1 atom stereocenters. The summed E-state index contributed by atoms with van der Waals surface area (Å²) in [6, 6.07) is 9.72. The average Bonchev–Trinajstić information content (AvgIpc) is 3.12. The number of nitrogens with one attached hydrogen (secondary N) is 1. The van der Waals surface area contributed by atoms with Gasteiger partial charge in [0.2, 0.25) is 5.91 Å². The van der Waals surface area contributed by atoms with Gasteiger partial charge in [-0.3, -0.25) is 4.79 Å². The number of methoxy groups -OCH3 is 2. The molecular weight excluding hydrogens is 316 g/mol. The Morgan fingerprint density at radius 3 is 2.40 bits per heavy atom. The number of hydrogen-bond acceptors (Lipinski definition) is 3. The molecule has 1 aromatic carbocycles. The molecule has 0 unspecified atom stereocenters. The van der Waals surface area contributed by atoms with Crippen molar-refractivity contribution in [2.45, 2.75) is 39.3 Å². The Bertz CT molecular complexity index is 666. The van der Waals surface area contributed by atoms with Crippen molar-refractivity contribution in [2.24, 2.45) is 5.92 Å². The summed E-state index contributed by atoms with van der Waals surface area (Å²) in [5, 5.41) is 3.16. The lowest BCUT2D eigenvalue weighted by molar-refractivity contribution is -0.122. The zero-order valence-corrected chi connectivity index (χ0v) is 15.5. The van der Waals surface area contributed by atoms with Gasteiger partial charge in [0.25, 0.3) is 0 Å². The van der Waals surface area contributed by atoms with Crippen molar-refractivity contribution in [3.63, 3.8) is 0 Å². The minimum atomic E-state index is -0.0566. The predicted octanol–water partition coefficient (Wildman–Crippen LogP) is 3.80. The van der Waals surface area contributed by atoms with Crippen LogP contribution in [0.3, 0.4) is 0 Å². The van der Waals surface area contributed by atoms with E-state index in [4.69, 9.17) is 9.47 Å². The van der Waals surface area contributed by atoms with Crippen LogP contribution in [0.5, 0.6) is 11.5 Å². The molecule has 5 nitrogen and oxygen atoms in total. The van der Waals surface area contributed by atoms with Crippen LogP contribution in [-0.2, 0) is 11.3 Å². The maximum absolute atomic E-state index is 12.4. The maximum atomic E-state index is 12.4. The zero-order chi connectivity index (χ0) is 18.2. The lowest BCUT2D eigenvalue weighted by Gasteiger charge is -2.24. The highest BCUT2D eigenvalue weighted by Crippen LogP contribution is 2.32. The molecule has 0 aliphatic heterocycles. The first kappa shape index (κ1) is 18.9. The molecule has 1 amide bonds. The van der Waals surface area contributed by atoms with E-state index in [2.05, 4.69) is 23.7 Å². The fraction of sp³-hybridized carbons (Fsp3) is 0.450. The number of amides is 1. The molecule has 0 saturated heterocycles. The topological polar surface area (TPSA) is 52.5 Å². The van der Waals surface area contributed by atoms with Gasteiger partial charge in [-0.15, -0.1) is 0 Å². The van der Waals surface area contributed by atoms with Gasteiger partial charge in [0, 0.05) is 25.4 Å². The third kappa shape index (κ3) is 5.28. The molecule has 1 heterocycles. The normalized spacial score (nSPS) is 12.0. The number of aromatic nitrogens is 1. The summed E-state index contributed by atoms with van der Waals surface area (Å²) in [5.41, 5.74) is 1.02. The Labute approximate surface area is 149 Å². The number of aryl methyl sites for hydroxylation is 1. The minimum absolute atomic E-state index is 0.0566. The fourth-order valence-corrected chi connectivity index (χ4v) is 2.87. The molecule has 1 N–H and O–H groups in total. The number of benzene rings is 1. The first-order valence-corrected chi connectivity index (χ1v) is 8.67. The van der Waals surface area contributed by atoms with Crippen molar-refractivity contribution >= 4 is 5.91 Å². The van der Waals surface area contributed by atoms with Crippen LogP contribution in [0.15, 0.2) is 42.7 Å². The van der Waals surface area contributed by atoms with E-state index in [-0.39, 0.29) is 17.9 Å². The van der Waals surface area contributed by atoms with Gasteiger partial charge in [-0.2, -0.15) is 0 Å². The fourth-order valence-electron chi connectivity index (χ4n) is 2.87. The summed E-state index contributed by atoms with van der Waals surface area (Å²) in [6.45, 7) is 5.05. The van der Waals surface area contributed by atoms with Gasteiger partial charge >= 0.3 is 0 Å². The van der Waals surface area contributed by atoms with Gasteiger partial charge in [-0.25, -0.2) is 0 Å². The van der Waals surface area contributed by atoms with Crippen LogP contribution in [0.1, 0.15) is 38.3 Å². The monoisotopic (exact) mass is 344 g/mol. The van der Waals surface area contributed by atoms with E-state index < -0.39 is 0 Å². The highest BCUT2D eigenvalue weighted by molar-refractivity contribution is 5.76. The molecule has 2 rings (SSSR count). The third-order valence-corrected chi connectivity index (χ3v) is 4.24. The minimum Gasteiger partial charge on any atom is -0.493 e. The van der Waals surface area contributed by atoms with Gasteiger partial charge in [0.15, 0.2) is 11.5 Å². The summed E-state index contributed by atoms with van der Waals surface area (Å²) in [6.07, 6.45) is 5.35. The number of hydrogen-bond donors (Lipinski definition) is 1. The molecule has 0 saturated carbocycles. The van der Waals surface area contributed by atoms with E-state index in [1.165, 1.54) is 0 Å². The second kappa shape index (κ2) is 9.16. The molecule has 2 aromatic rings. The van der Waals surface area contributed by atoms with Gasteiger partial charge in [-0.05, 0) is 42.2 Å². The Morgan fingerprint density at radius 2 is 1.80 bits per heavy atom. The lowest BCUT2D eigenvalue weighted by atomic mass is 9.95. The van der Waals surface area contributed by atoms with Crippen LogP contribution in [0, 0.1) is 5.92 Å². The Hall–Kier alpha value is -2.43. The van der Waals surface area contributed by atoms with Crippen molar-refractivity contribution in [2.75, 3.05) is 14.2 Å². The van der Waals surface area contributed by atoms with E-state index in [9.17, 15) is 4.79 Å². The first-order valence-electron chi connectivity index (χ1n) is 8.67. The van der Waals surface area contributed by atoms with Crippen molar-refractivity contribution in [1.82, 2.24) is 9.88 Å². The quantitative estimate of drug-likeness (QED) is 0.753. The number of rotatable bonds is 9. The molecule has 1 aromatic heterocycles. The Balaban J connectivity index is 1.99. The standard InChI is InChI=1S/C20H28N2O3/c1-15(2)20(16-9-10-17(24-3)18(14-16)25-4)21-19(23)8-7-13-22-11-5-6-12-22/h5-6,9-12,14-15,20H,7-8,13H2,1-4H3,(H,21,23)/t20-/m1/s1. The highest BCUT2D eigenvalue weighted by atomic mass is 16.5.